The second-order valence-electron chi connectivity index (χ2n) is 7.65. The molecule has 2 aromatic heterocycles. The van der Waals surface area contributed by atoms with Gasteiger partial charge in [0.1, 0.15) is 0 Å². The molecule has 0 aliphatic carbocycles. The van der Waals surface area contributed by atoms with Crippen molar-refractivity contribution in [1.29, 1.82) is 0 Å². The number of rotatable bonds is 12. The van der Waals surface area contributed by atoms with E-state index in [2.05, 4.69) is 36.2 Å². The van der Waals surface area contributed by atoms with E-state index in [1.165, 1.54) is 27.8 Å². The third-order valence-electron chi connectivity index (χ3n) is 5.08. The standard InChI is InChI=1S/C23H24ClN9O3S3/c1-13(14-8-9-17(35-2)18(10-14)36-3)27-28-20-29-31-22(33(20)25)37-12-19(34)26-21-30-32-23(39-21)38-11-15-6-4-5-7-16(15)24/h4-10H,11-12,25H2,1-3H3,(H,28,29)(H,26,30,34)/b27-13+. The van der Waals surface area contributed by atoms with E-state index in [0.29, 0.717) is 38.3 Å². The molecule has 0 unspecified atom stereocenters. The van der Waals surface area contributed by atoms with E-state index in [0.717, 1.165) is 27.2 Å². The molecule has 4 aromatic rings. The predicted molar refractivity (Wildman–Crippen MR) is 156 cm³/mol. The molecule has 4 rings (SSSR count). The lowest BCUT2D eigenvalue weighted by atomic mass is 10.1. The van der Waals surface area contributed by atoms with Crippen LogP contribution in [0.15, 0.2) is 57.1 Å². The number of nitrogen functional groups attached to an aromatic ring is 1. The van der Waals surface area contributed by atoms with Crippen molar-refractivity contribution in [3.05, 3.63) is 58.6 Å². The number of ether oxygens (including phenoxy) is 2. The molecule has 39 heavy (non-hydrogen) atoms. The Morgan fingerprint density at radius 1 is 1.10 bits per heavy atom. The lowest BCUT2D eigenvalue weighted by molar-refractivity contribution is -0.113. The van der Waals surface area contributed by atoms with Gasteiger partial charge in [0.2, 0.25) is 16.2 Å². The number of halogens is 1. The van der Waals surface area contributed by atoms with Crippen LogP contribution >= 0.6 is 46.5 Å². The van der Waals surface area contributed by atoms with Crippen LogP contribution in [0.3, 0.4) is 0 Å². The van der Waals surface area contributed by atoms with Gasteiger partial charge in [0.05, 0.1) is 25.7 Å². The van der Waals surface area contributed by atoms with Crippen molar-refractivity contribution in [2.75, 3.05) is 36.6 Å². The maximum Gasteiger partial charge on any atom is 0.264 e. The zero-order chi connectivity index (χ0) is 27.8. The Balaban J connectivity index is 1.27. The van der Waals surface area contributed by atoms with E-state index >= 15 is 0 Å². The highest BCUT2D eigenvalue weighted by molar-refractivity contribution is 8.00. The van der Waals surface area contributed by atoms with E-state index in [4.69, 9.17) is 26.9 Å². The van der Waals surface area contributed by atoms with E-state index in [1.54, 1.807) is 20.3 Å². The zero-order valence-electron chi connectivity index (χ0n) is 21.0. The first-order valence-electron chi connectivity index (χ1n) is 11.2. The van der Waals surface area contributed by atoms with Gasteiger partial charge in [-0.3, -0.25) is 10.1 Å². The summed E-state index contributed by atoms with van der Waals surface area (Å²) in [5.74, 6) is 7.92. The molecular weight excluding hydrogens is 582 g/mol. The molecule has 4 N–H and O–H groups in total. The Morgan fingerprint density at radius 2 is 1.90 bits per heavy atom. The topological polar surface area (TPSA) is 154 Å². The molecule has 0 saturated carbocycles. The number of thioether (sulfide) groups is 2. The van der Waals surface area contributed by atoms with Crippen LogP contribution in [-0.4, -0.2) is 56.7 Å². The van der Waals surface area contributed by atoms with Gasteiger partial charge in [0.15, 0.2) is 15.8 Å². The summed E-state index contributed by atoms with van der Waals surface area (Å²) >= 11 is 10.1. The van der Waals surface area contributed by atoms with Crippen molar-refractivity contribution in [3.63, 3.8) is 0 Å². The number of carbonyl (C=O) groups excluding carboxylic acids is 1. The largest absolute Gasteiger partial charge is 0.493 e. The molecule has 2 heterocycles. The van der Waals surface area contributed by atoms with Gasteiger partial charge in [-0.05, 0) is 36.8 Å². The maximum atomic E-state index is 12.4. The van der Waals surface area contributed by atoms with Gasteiger partial charge in [0, 0.05) is 16.3 Å². The smallest absolute Gasteiger partial charge is 0.264 e. The van der Waals surface area contributed by atoms with E-state index in [-0.39, 0.29) is 17.6 Å². The predicted octanol–water partition coefficient (Wildman–Crippen LogP) is 4.37. The highest BCUT2D eigenvalue weighted by atomic mass is 35.5. The Bertz CT molecular complexity index is 1480. The summed E-state index contributed by atoms with van der Waals surface area (Å²) in [6, 6.07) is 13.1. The quantitative estimate of drug-likeness (QED) is 0.0693. The van der Waals surface area contributed by atoms with Gasteiger partial charge in [0.25, 0.3) is 5.95 Å². The van der Waals surface area contributed by atoms with Gasteiger partial charge in [-0.15, -0.1) is 20.4 Å². The minimum absolute atomic E-state index is 0.0466. The van der Waals surface area contributed by atoms with Gasteiger partial charge in [-0.25, -0.2) is 10.1 Å². The van der Waals surface area contributed by atoms with Crippen LogP contribution in [0.5, 0.6) is 11.5 Å². The number of hydrogen-bond acceptors (Lipinski definition) is 13. The number of hydrazone groups is 1. The highest BCUT2D eigenvalue weighted by Crippen LogP contribution is 2.31. The fraction of sp³-hybridized carbons (Fsp3) is 0.217. The molecule has 1 amide bonds. The molecule has 0 spiro atoms. The summed E-state index contributed by atoms with van der Waals surface area (Å²) < 4.78 is 12.5. The summed E-state index contributed by atoms with van der Waals surface area (Å²) in [4.78, 5) is 12.4. The summed E-state index contributed by atoms with van der Waals surface area (Å²) in [6.07, 6.45) is 0. The van der Waals surface area contributed by atoms with Gasteiger partial charge in [-0.2, -0.15) is 5.10 Å². The number of nitrogens with zero attached hydrogens (tertiary/aromatic N) is 6. The lowest BCUT2D eigenvalue weighted by Crippen LogP contribution is -2.17. The average Bonchev–Trinajstić information content (AvgIpc) is 3.55. The molecule has 2 aromatic carbocycles. The number of aromatic nitrogens is 5. The lowest BCUT2D eigenvalue weighted by Gasteiger charge is -2.09. The molecule has 0 fully saturated rings. The van der Waals surface area contributed by atoms with Crippen LogP contribution in [0, 0.1) is 0 Å². The van der Waals surface area contributed by atoms with Crippen molar-refractivity contribution < 1.29 is 14.3 Å². The Morgan fingerprint density at radius 3 is 2.67 bits per heavy atom. The van der Waals surface area contributed by atoms with Crippen LogP contribution in [-0.2, 0) is 10.5 Å². The molecule has 16 heteroatoms. The molecule has 0 atom stereocenters. The number of methoxy groups -OCH3 is 2. The molecule has 12 nitrogen and oxygen atoms in total. The zero-order valence-corrected chi connectivity index (χ0v) is 24.2. The Kier molecular flexibility index (Phi) is 9.86. The second kappa shape index (κ2) is 13.5. The number of carbonyl (C=O) groups is 1. The SMILES string of the molecule is COc1ccc(/C(C)=N/Nc2nnc(SCC(=O)Nc3nnc(SCc4ccccc4Cl)s3)n2N)cc1OC. The first kappa shape index (κ1) is 28.5. The van der Waals surface area contributed by atoms with Gasteiger partial charge >= 0.3 is 0 Å². The minimum Gasteiger partial charge on any atom is -0.493 e. The summed E-state index contributed by atoms with van der Waals surface area (Å²) in [6.45, 7) is 1.82. The van der Waals surface area contributed by atoms with Crippen molar-refractivity contribution >= 4 is 69.2 Å². The van der Waals surface area contributed by atoms with Crippen LogP contribution < -0.4 is 26.1 Å². The molecule has 204 valence electrons. The van der Waals surface area contributed by atoms with Gasteiger partial charge in [-0.1, -0.05) is 64.7 Å². The number of nitrogens with one attached hydrogen (secondary N) is 2. The van der Waals surface area contributed by atoms with Crippen molar-refractivity contribution in [1.82, 2.24) is 25.1 Å². The summed E-state index contributed by atoms with van der Waals surface area (Å²) in [5, 5.41) is 24.7. The van der Waals surface area contributed by atoms with Crippen molar-refractivity contribution in [2.45, 2.75) is 22.2 Å². The van der Waals surface area contributed by atoms with Crippen LogP contribution in [0.1, 0.15) is 18.1 Å². The second-order valence-corrected chi connectivity index (χ2v) is 11.2. The number of benzene rings is 2. The fourth-order valence-corrected chi connectivity index (χ4v) is 5.78. The van der Waals surface area contributed by atoms with Crippen LogP contribution in [0.4, 0.5) is 11.1 Å². The first-order valence-corrected chi connectivity index (χ1v) is 14.4. The highest BCUT2D eigenvalue weighted by Gasteiger charge is 2.15. The Hall–Kier alpha value is -3.53. The summed E-state index contributed by atoms with van der Waals surface area (Å²) in [5.41, 5.74) is 5.27. The van der Waals surface area contributed by atoms with Gasteiger partial charge < -0.3 is 15.3 Å². The van der Waals surface area contributed by atoms with Crippen LogP contribution in [0.2, 0.25) is 5.02 Å². The minimum atomic E-state index is -0.279. The third kappa shape index (κ3) is 7.53. The normalized spacial score (nSPS) is 11.3. The average molecular weight is 606 g/mol. The van der Waals surface area contributed by atoms with E-state index in [9.17, 15) is 4.79 Å². The molecule has 0 bridgehead atoms. The molecule has 0 aliphatic rings. The van der Waals surface area contributed by atoms with Crippen molar-refractivity contribution in [2.24, 2.45) is 5.10 Å². The molecule has 0 saturated heterocycles. The monoisotopic (exact) mass is 605 g/mol. The van der Waals surface area contributed by atoms with Crippen molar-refractivity contribution in [3.8, 4) is 11.5 Å². The molecular formula is C23H24ClN9O3S3. The van der Waals surface area contributed by atoms with E-state index in [1.807, 2.05) is 43.3 Å². The van der Waals surface area contributed by atoms with Crippen LogP contribution in [0.25, 0.3) is 0 Å². The molecule has 0 radical (unpaired) electrons. The maximum absolute atomic E-state index is 12.4. The fourth-order valence-electron chi connectivity index (χ4n) is 3.07. The number of amides is 1. The third-order valence-corrected chi connectivity index (χ3v) is 8.42. The Labute approximate surface area is 241 Å². The van der Waals surface area contributed by atoms with E-state index < -0.39 is 0 Å². The summed E-state index contributed by atoms with van der Waals surface area (Å²) in [7, 11) is 3.14. The number of nitrogens with two attached hydrogens (primary N) is 1. The molecule has 0 aliphatic heterocycles. The number of hydrogen-bond donors (Lipinski definition) is 3. The number of anilines is 2. The first-order chi connectivity index (χ1) is 18.9.